The van der Waals surface area contributed by atoms with Gasteiger partial charge < -0.3 is 28.5 Å². The van der Waals surface area contributed by atoms with E-state index in [1.54, 1.807) is 0 Å². The van der Waals surface area contributed by atoms with Crippen molar-refractivity contribution in [3.05, 3.63) is 109 Å². The second-order valence-corrected chi connectivity index (χ2v) is 32.2. The minimum atomic E-state index is -1.51. The average molecular weight is 1500 g/mol. The van der Waals surface area contributed by atoms with Crippen molar-refractivity contribution in [2.24, 2.45) is 0 Å². The maximum absolute atomic E-state index is 13.0. The van der Waals surface area contributed by atoms with Crippen LogP contribution >= 0.6 is 0 Å². The molecule has 2 atom stereocenters. The molecule has 0 aromatic carbocycles. The largest absolute Gasteiger partial charge is 0.477 e. The first-order valence-electron chi connectivity index (χ1n) is 46.1. The number of allylic oxidation sites excluding steroid dienone is 18. The number of carboxylic acid groups (broad SMARTS) is 1. The number of nitrogens with zero attached hydrogens (tertiary/aromatic N) is 1. The third kappa shape index (κ3) is 89.0. The van der Waals surface area contributed by atoms with Crippen LogP contribution in [0.1, 0.15) is 438 Å². The van der Waals surface area contributed by atoms with E-state index >= 15 is 0 Å². The molecule has 0 bridgehead atoms. The Morgan fingerprint density at radius 1 is 0.290 bits per heavy atom. The summed E-state index contributed by atoms with van der Waals surface area (Å²) in [6.07, 6.45) is 122. The number of aliphatic carboxylic acids is 1. The molecular weight excluding hydrogens is 1320 g/mol. The number of esters is 2. The summed E-state index contributed by atoms with van der Waals surface area (Å²) < 4.78 is 23.1. The molecule has 0 fully saturated rings. The number of carboxylic acids is 1. The Bertz CT molecular complexity index is 2140. The Labute approximate surface area is 664 Å². The van der Waals surface area contributed by atoms with Crippen molar-refractivity contribution in [3.8, 4) is 0 Å². The fraction of sp³-hybridized carbons (Fsp3) is 0.786. The standard InChI is InChI=1S/C98H175NO8/c1-6-8-10-12-14-16-18-20-22-24-26-28-30-32-34-36-38-40-42-44-46-48-50-52-54-56-58-60-62-64-66-68-70-72-74-76-78-80-82-84-86-88-95(100)105-92-94(93-106-98(97(102)103)104-91-90-99(3,4)5)107-96(101)89-87-85-83-81-79-77-75-73-71-69-67-65-63-61-59-57-55-53-51-49-47-45-43-41-39-37-35-33-31-29-27-25-23-21-19-17-15-13-11-9-7-2/h9,11,15,17-18,20-21,23-24,26-27,29-30,32-33,35,39,41,94,98H,6-8,10,12-14,16,19,22,25,28,31,34,36-38,40,42-93H2,1-5H3/p+1/b11-9-,17-15-,20-18-,23-21-,26-24-,29-27-,32-30-,35-33-,41-39-. The smallest absolute Gasteiger partial charge is 0.361 e. The van der Waals surface area contributed by atoms with E-state index in [1.165, 1.54) is 321 Å². The van der Waals surface area contributed by atoms with Gasteiger partial charge in [0.25, 0.3) is 6.29 Å². The maximum atomic E-state index is 13.0. The van der Waals surface area contributed by atoms with Gasteiger partial charge in [-0.1, -0.05) is 431 Å². The average Bonchev–Trinajstić information content (AvgIpc) is 0.965. The highest BCUT2D eigenvalue weighted by atomic mass is 16.7. The SMILES string of the molecule is CC/C=C\C/C=C\C/C=C\C/C=C\C/C=C\C/C=C\CCCCCCCCCCCCCCCCCCCCCCCCC(=O)OC(COC(=O)CCCCCCCCCCCCCCCCCCCCCCCCCCCC/C=C\C/C=C\C/C=C\CCCCCCC)COC(OCC[N+](C)(C)C)C(=O)O. The van der Waals surface area contributed by atoms with Crippen LogP contribution in [0.4, 0.5) is 0 Å². The molecule has 0 saturated heterocycles. The molecule has 0 aliphatic heterocycles. The monoisotopic (exact) mass is 1500 g/mol. The molecule has 0 aliphatic rings. The number of hydrogen-bond donors (Lipinski definition) is 1. The third-order valence-corrected chi connectivity index (χ3v) is 20.5. The normalized spacial score (nSPS) is 13.1. The van der Waals surface area contributed by atoms with Gasteiger partial charge in [0.15, 0.2) is 6.10 Å². The number of hydrogen-bond acceptors (Lipinski definition) is 7. The van der Waals surface area contributed by atoms with Crippen molar-refractivity contribution >= 4 is 17.9 Å². The highest BCUT2D eigenvalue weighted by Gasteiger charge is 2.25. The van der Waals surface area contributed by atoms with Gasteiger partial charge in [0.2, 0.25) is 0 Å². The van der Waals surface area contributed by atoms with E-state index in [1.807, 2.05) is 21.1 Å². The van der Waals surface area contributed by atoms with E-state index in [-0.39, 0.29) is 38.2 Å². The molecule has 0 radical (unpaired) electrons. The molecule has 2 unspecified atom stereocenters. The molecule has 0 aromatic rings. The predicted molar refractivity (Wildman–Crippen MR) is 465 cm³/mol. The molecule has 9 heteroatoms. The predicted octanol–water partition coefficient (Wildman–Crippen LogP) is 30.4. The lowest BCUT2D eigenvalue weighted by molar-refractivity contribution is -0.870. The molecular formula is C98H176NO8+. The minimum Gasteiger partial charge on any atom is -0.477 e. The molecule has 0 amide bonds. The van der Waals surface area contributed by atoms with Gasteiger partial charge in [-0.2, -0.15) is 0 Å². The molecule has 0 saturated carbocycles. The Morgan fingerprint density at radius 2 is 0.533 bits per heavy atom. The van der Waals surface area contributed by atoms with E-state index in [9.17, 15) is 19.5 Å². The topological polar surface area (TPSA) is 108 Å². The van der Waals surface area contributed by atoms with E-state index in [4.69, 9.17) is 18.9 Å². The maximum Gasteiger partial charge on any atom is 0.361 e. The lowest BCUT2D eigenvalue weighted by atomic mass is 10.0. The number of ether oxygens (including phenoxy) is 4. The van der Waals surface area contributed by atoms with E-state index in [0.29, 0.717) is 17.4 Å². The van der Waals surface area contributed by atoms with E-state index < -0.39 is 18.4 Å². The molecule has 9 nitrogen and oxygen atoms in total. The third-order valence-electron chi connectivity index (χ3n) is 20.5. The summed E-state index contributed by atoms with van der Waals surface area (Å²) in [6.45, 7) is 4.81. The summed E-state index contributed by atoms with van der Waals surface area (Å²) in [4.78, 5) is 37.9. The fourth-order valence-electron chi connectivity index (χ4n) is 13.6. The lowest BCUT2D eigenvalue weighted by Gasteiger charge is -2.25. The Hall–Kier alpha value is -4.05. The van der Waals surface area contributed by atoms with Crippen LogP contribution in [0.3, 0.4) is 0 Å². The number of likely N-dealkylation sites (N-methyl/N-ethyl adjacent to an activating group) is 1. The highest BCUT2D eigenvalue weighted by molar-refractivity contribution is 5.71. The van der Waals surface area contributed by atoms with Crippen LogP contribution in [0.25, 0.3) is 0 Å². The van der Waals surface area contributed by atoms with Crippen molar-refractivity contribution in [1.29, 1.82) is 0 Å². The first-order chi connectivity index (χ1) is 52.6. The zero-order chi connectivity index (χ0) is 77.4. The van der Waals surface area contributed by atoms with Crippen LogP contribution < -0.4 is 0 Å². The number of carbonyl (C=O) groups excluding carboxylic acids is 2. The van der Waals surface area contributed by atoms with Gasteiger partial charge in [0.05, 0.1) is 34.4 Å². The van der Waals surface area contributed by atoms with Gasteiger partial charge in [-0.3, -0.25) is 9.59 Å². The number of rotatable bonds is 86. The van der Waals surface area contributed by atoms with Crippen molar-refractivity contribution in [1.82, 2.24) is 0 Å². The van der Waals surface area contributed by atoms with Crippen LogP contribution in [0, 0.1) is 0 Å². The van der Waals surface area contributed by atoms with Crippen molar-refractivity contribution in [2.45, 2.75) is 450 Å². The number of unbranched alkanes of at least 4 members (excludes halogenated alkanes) is 53. The van der Waals surface area contributed by atoms with Gasteiger partial charge in [-0.15, -0.1) is 0 Å². The van der Waals surface area contributed by atoms with Crippen LogP contribution in [0.15, 0.2) is 109 Å². The minimum absolute atomic E-state index is 0.178. The molecule has 0 spiro atoms. The van der Waals surface area contributed by atoms with Gasteiger partial charge in [0, 0.05) is 12.8 Å². The summed E-state index contributed by atoms with van der Waals surface area (Å²) in [7, 11) is 6.00. The molecule has 0 heterocycles. The summed E-state index contributed by atoms with van der Waals surface area (Å²) in [5.74, 6) is -1.98. The lowest BCUT2D eigenvalue weighted by Crippen LogP contribution is -2.40. The first kappa shape index (κ1) is 103. The van der Waals surface area contributed by atoms with Crippen LogP contribution in [0.5, 0.6) is 0 Å². The molecule has 0 aliphatic carbocycles. The molecule has 0 aromatic heterocycles. The van der Waals surface area contributed by atoms with Crippen LogP contribution in [-0.4, -0.2) is 87.4 Å². The van der Waals surface area contributed by atoms with E-state index in [2.05, 4.69) is 123 Å². The van der Waals surface area contributed by atoms with Gasteiger partial charge >= 0.3 is 17.9 Å². The molecule has 0 rings (SSSR count). The van der Waals surface area contributed by atoms with Gasteiger partial charge in [0.1, 0.15) is 13.2 Å². The van der Waals surface area contributed by atoms with Crippen molar-refractivity contribution in [2.75, 3.05) is 47.5 Å². The summed E-state index contributed by atoms with van der Waals surface area (Å²) in [6, 6.07) is 0. The van der Waals surface area contributed by atoms with Crippen molar-refractivity contribution in [3.63, 3.8) is 0 Å². The van der Waals surface area contributed by atoms with Gasteiger partial charge in [-0.05, 0) is 103 Å². The first-order valence-corrected chi connectivity index (χ1v) is 46.1. The summed E-state index contributed by atoms with van der Waals surface area (Å²) in [5.41, 5.74) is 0. The highest BCUT2D eigenvalue weighted by Crippen LogP contribution is 2.20. The number of quaternary nitrogens is 1. The Balaban J connectivity index is 3.91. The van der Waals surface area contributed by atoms with E-state index in [0.717, 1.165) is 89.9 Å². The number of carbonyl (C=O) groups is 3. The fourth-order valence-corrected chi connectivity index (χ4v) is 13.6. The molecule has 620 valence electrons. The molecule has 107 heavy (non-hydrogen) atoms. The Morgan fingerprint density at radius 3 is 0.794 bits per heavy atom. The van der Waals surface area contributed by atoms with Gasteiger partial charge in [-0.25, -0.2) is 4.79 Å². The summed E-state index contributed by atoms with van der Waals surface area (Å²) >= 11 is 0. The van der Waals surface area contributed by atoms with Crippen LogP contribution in [0.2, 0.25) is 0 Å². The Kier molecular flexibility index (Phi) is 84.2. The summed E-state index contributed by atoms with van der Waals surface area (Å²) in [5, 5.41) is 9.80. The van der Waals surface area contributed by atoms with Crippen molar-refractivity contribution < 1.29 is 42.9 Å². The second kappa shape index (κ2) is 87.5. The second-order valence-electron chi connectivity index (χ2n) is 32.2. The quantitative estimate of drug-likeness (QED) is 0.0211. The van der Waals surface area contributed by atoms with Crippen LogP contribution in [-0.2, 0) is 33.3 Å². The zero-order valence-corrected chi connectivity index (χ0v) is 71.3. The molecule has 1 N–H and O–H groups in total. The zero-order valence-electron chi connectivity index (χ0n) is 71.3.